The van der Waals surface area contributed by atoms with Gasteiger partial charge in [0.05, 0.1) is 5.69 Å². The van der Waals surface area contributed by atoms with Crippen LogP contribution < -0.4 is 5.56 Å². The van der Waals surface area contributed by atoms with E-state index in [9.17, 15) is 13.2 Å². The molecule has 1 aromatic carbocycles. The summed E-state index contributed by atoms with van der Waals surface area (Å²) < 4.78 is 23.5. The van der Waals surface area contributed by atoms with Gasteiger partial charge in [-0.1, -0.05) is 18.2 Å². The van der Waals surface area contributed by atoms with Crippen molar-refractivity contribution >= 4 is 20.7 Å². The molecule has 3 heterocycles. The zero-order valence-corrected chi connectivity index (χ0v) is 15.5. The Bertz CT molecular complexity index is 1160. The number of aromatic nitrogens is 3. The highest BCUT2D eigenvalue weighted by atomic mass is 32.2. The Hall–Kier alpha value is -2.45. The first kappa shape index (κ1) is 17.0. The van der Waals surface area contributed by atoms with Crippen LogP contribution in [0.25, 0.3) is 10.9 Å². The molecule has 0 saturated carbocycles. The van der Waals surface area contributed by atoms with Gasteiger partial charge in [0.2, 0.25) is 15.0 Å². The number of benzene rings is 1. The van der Waals surface area contributed by atoms with Crippen LogP contribution in [0.5, 0.6) is 0 Å². The summed E-state index contributed by atoms with van der Waals surface area (Å²) >= 11 is 0. The number of rotatable bonds is 3. The molecular formula is C18H20N4O3S. The molecule has 0 amide bonds. The van der Waals surface area contributed by atoms with Crippen molar-refractivity contribution in [3.63, 3.8) is 0 Å². The standard InChI is InChI=1S/C18H20N4O3S/c1-11-4-3-5-13-12(8-19-16(11)13)9-22-7-6-14-15(10-22)20-18(21-17(14)23)26(2,24)25/h3-5,8,19H,6-7,9-10H2,1-2H3,(H,20,21,23). The van der Waals surface area contributed by atoms with Crippen LogP contribution in [0, 0.1) is 6.92 Å². The molecule has 0 aliphatic carbocycles. The van der Waals surface area contributed by atoms with E-state index in [-0.39, 0.29) is 10.7 Å². The van der Waals surface area contributed by atoms with Gasteiger partial charge in [-0.25, -0.2) is 13.4 Å². The van der Waals surface area contributed by atoms with Gasteiger partial charge in [-0.15, -0.1) is 0 Å². The first-order valence-corrected chi connectivity index (χ1v) is 10.3. The highest BCUT2D eigenvalue weighted by Crippen LogP contribution is 2.24. The molecular weight excluding hydrogens is 352 g/mol. The average molecular weight is 372 g/mol. The number of nitrogens with one attached hydrogen (secondary N) is 2. The lowest BCUT2D eigenvalue weighted by molar-refractivity contribution is 0.240. The molecule has 0 atom stereocenters. The molecule has 7 nitrogen and oxygen atoms in total. The number of aromatic amines is 2. The third-order valence-electron chi connectivity index (χ3n) is 4.89. The first-order valence-electron chi connectivity index (χ1n) is 8.43. The SMILES string of the molecule is Cc1cccc2c(CN3CCc4c(nc(S(C)(=O)=O)[nH]c4=O)C3)c[nH]c12. The molecule has 0 fully saturated rings. The van der Waals surface area contributed by atoms with Crippen LogP contribution in [-0.4, -0.2) is 41.1 Å². The maximum atomic E-state index is 12.2. The molecule has 2 aromatic heterocycles. The fourth-order valence-corrected chi connectivity index (χ4v) is 4.07. The monoisotopic (exact) mass is 372 g/mol. The number of hydrogen-bond acceptors (Lipinski definition) is 5. The van der Waals surface area contributed by atoms with E-state index in [1.54, 1.807) is 0 Å². The zero-order valence-electron chi connectivity index (χ0n) is 14.7. The van der Waals surface area contributed by atoms with Gasteiger partial charge in [-0.3, -0.25) is 14.7 Å². The molecule has 2 N–H and O–H groups in total. The molecule has 8 heteroatoms. The first-order chi connectivity index (χ1) is 12.3. The third kappa shape index (κ3) is 2.95. The van der Waals surface area contributed by atoms with Crippen LogP contribution in [0.15, 0.2) is 34.3 Å². The van der Waals surface area contributed by atoms with E-state index >= 15 is 0 Å². The summed E-state index contributed by atoms with van der Waals surface area (Å²) in [6, 6.07) is 6.21. The molecule has 3 aromatic rings. The number of nitrogens with zero attached hydrogens (tertiary/aromatic N) is 2. The second kappa shape index (κ2) is 6.07. The molecule has 0 bridgehead atoms. The van der Waals surface area contributed by atoms with E-state index in [0.717, 1.165) is 18.3 Å². The smallest absolute Gasteiger partial charge is 0.255 e. The molecule has 1 aliphatic rings. The molecule has 0 spiro atoms. The van der Waals surface area contributed by atoms with Crippen LogP contribution in [0.2, 0.25) is 0 Å². The van der Waals surface area contributed by atoms with Gasteiger partial charge < -0.3 is 4.98 Å². The Morgan fingerprint density at radius 3 is 2.88 bits per heavy atom. The second-order valence-electron chi connectivity index (χ2n) is 6.84. The largest absolute Gasteiger partial charge is 0.361 e. The van der Waals surface area contributed by atoms with Crippen molar-refractivity contribution < 1.29 is 8.42 Å². The molecule has 26 heavy (non-hydrogen) atoms. The van der Waals surface area contributed by atoms with Crippen molar-refractivity contribution in [2.75, 3.05) is 12.8 Å². The Labute approximate surface area is 151 Å². The third-order valence-corrected chi connectivity index (χ3v) is 5.78. The summed E-state index contributed by atoms with van der Waals surface area (Å²) in [6.07, 6.45) is 3.62. The van der Waals surface area contributed by atoms with Crippen LogP contribution in [0.1, 0.15) is 22.4 Å². The van der Waals surface area contributed by atoms with Gasteiger partial charge >= 0.3 is 0 Å². The van der Waals surface area contributed by atoms with Crippen LogP contribution in [-0.2, 0) is 29.3 Å². The summed E-state index contributed by atoms with van der Waals surface area (Å²) in [6.45, 7) is 3.98. The van der Waals surface area contributed by atoms with Crippen molar-refractivity contribution in [1.29, 1.82) is 0 Å². The minimum Gasteiger partial charge on any atom is -0.361 e. The van der Waals surface area contributed by atoms with Gasteiger partial charge in [0.1, 0.15) is 0 Å². The fraction of sp³-hybridized carbons (Fsp3) is 0.333. The lowest BCUT2D eigenvalue weighted by atomic mass is 10.1. The van der Waals surface area contributed by atoms with Crippen LogP contribution in [0.3, 0.4) is 0 Å². The Balaban J connectivity index is 1.65. The minimum absolute atomic E-state index is 0.259. The van der Waals surface area contributed by atoms with Gasteiger partial charge in [-0.05, 0) is 24.5 Å². The number of H-pyrrole nitrogens is 2. The summed E-state index contributed by atoms with van der Waals surface area (Å²) in [5.41, 5.74) is 4.30. The lowest BCUT2D eigenvalue weighted by Crippen LogP contribution is -2.35. The van der Waals surface area contributed by atoms with E-state index in [1.165, 1.54) is 16.5 Å². The highest BCUT2D eigenvalue weighted by Gasteiger charge is 2.24. The second-order valence-corrected chi connectivity index (χ2v) is 8.77. The van der Waals surface area contributed by atoms with Crippen LogP contribution in [0.4, 0.5) is 0 Å². The maximum absolute atomic E-state index is 12.2. The van der Waals surface area contributed by atoms with E-state index in [4.69, 9.17) is 0 Å². The van der Waals surface area contributed by atoms with Crippen molar-refractivity contribution in [2.45, 2.75) is 31.6 Å². The average Bonchev–Trinajstić information content (AvgIpc) is 2.98. The minimum atomic E-state index is -3.55. The van der Waals surface area contributed by atoms with Gasteiger partial charge in [0, 0.05) is 48.6 Å². The van der Waals surface area contributed by atoms with E-state index in [2.05, 4.69) is 38.9 Å². The molecule has 0 radical (unpaired) electrons. The summed E-state index contributed by atoms with van der Waals surface area (Å²) in [5, 5.41) is 0.928. The van der Waals surface area contributed by atoms with Crippen LogP contribution >= 0.6 is 0 Å². The van der Waals surface area contributed by atoms with Crippen molar-refractivity contribution in [3.05, 3.63) is 57.1 Å². The van der Waals surface area contributed by atoms with E-state index in [0.29, 0.717) is 30.8 Å². The molecule has 0 unspecified atom stereocenters. The maximum Gasteiger partial charge on any atom is 0.255 e. The predicted molar refractivity (Wildman–Crippen MR) is 98.8 cm³/mol. The number of aryl methyl sites for hydroxylation is 1. The Morgan fingerprint density at radius 1 is 1.31 bits per heavy atom. The summed E-state index contributed by atoms with van der Waals surface area (Å²) in [4.78, 5) is 24.3. The summed E-state index contributed by atoms with van der Waals surface area (Å²) in [5.74, 6) is 0. The molecule has 136 valence electrons. The Morgan fingerprint density at radius 2 is 2.12 bits per heavy atom. The molecule has 0 saturated heterocycles. The zero-order chi connectivity index (χ0) is 18.5. The number of para-hydroxylation sites is 1. The van der Waals surface area contributed by atoms with Gasteiger partial charge in [0.15, 0.2) is 0 Å². The topological polar surface area (TPSA) is 98.9 Å². The van der Waals surface area contributed by atoms with Crippen molar-refractivity contribution in [3.8, 4) is 0 Å². The van der Waals surface area contributed by atoms with E-state index < -0.39 is 9.84 Å². The lowest BCUT2D eigenvalue weighted by Gasteiger charge is -2.27. The number of sulfone groups is 1. The summed E-state index contributed by atoms with van der Waals surface area (Å²) in [7, 11) is -3.55. The van der Waals surface area contributed by atoms with Gasteiger partial charge in [0.25, 0.3) is 5.56 Å². The molecule has 1 aliphatic heterocycles. The number of fused-ring (bicyclic) bond motifs is 2. The quantitative estimate of drug-likeness (QED) is 0.679. The van der Waals surface area contributed by atoms with Gasteiger partial charge in [-0.2, -0.15) is 0 Å². The normalized spacial score (nSPS) is 15.3. The fourth-order valence-electron chi connectivity index (χ4n) is 3.52. The highest BCUT2D eigenvalue weighted by molar-refractivity contribution is 7.90. The predicted octanol–water partition coefficient (Wildman–Crippen LogP) is 1.52. The van der Waals surface area contributed by atoms with E-state index in [1.807, 2.05) is 12.3 Å². The molecule has 4 rings (SSSR count). The van der Waals surface area contributed by atoms with Crippen molar-refractivity contribution in [2.24, 2.45) is 0 Å². The van der Waals surface area contributed by atoms with Crippen molar-refractivity contribution in [1.82, 2.24) is 19.9 Å². The number of hydrogen-bond donors (Lipinski definition) is 2. The Kier molecular flexibility index (Phi) is 3.96.